The number of amides is 2. The van der Waals surface area contributed by atoms with E-state index in [4.69, 9.17) is 5.26 Å². The number of rotatable bonds is 6. The Kier molecular flexibility index (Phi) is 6.87. The maximum absolute atomic E-state index is 13.7. The summed E-state index contributed by atoms with van der Waals surface area (Å²) in [5.74, 6) is -0.122. The molecule has 1 aliphatic rings. The molecule has 1 fully saturated rings. The van der Waals surface area contributed by atoms with Crippen LogP contribution in [0.15, 0.2) is 24.3 Å². The molecule has 0 aliphatic carbocycles. The summed E-state index contributed by atoms with van der Waals surface area (Å²) in [6, 6.07) is 8.86. The number of nitriles is 2. The number of carbonyl (C=O) groups excluding carboxylic acids is 1. The highest BCUT2D eigenvalue weighted by atomic mass is 32.2. The lowest BCUT2D eigenvalue weighted by Gasteiger charge is -2.35. The van der Waals surface area contributed by atoms with Crippen LogP contribution in [-0.2, 0) is 10.5 Å². The molecule has 0 unspecified atom stereocenters. The second-order valence-corrected chi connectivity index (χ2v) is 8.68. The summed E-state index contributed by atoms with van der Waals surface area (Å²) in [7, 11) is 0. The number of thioether (sulfide) groups is 1. The molecule has 0 saturated carbocycles. The Morgan fingerprint density at radius 2 is 2.04 bits per heavy atom. The first-order valence-electron chi connectivity index (χ1n) is 8.64. The van der Waals surface area contributed by atoms with Gasteiger partial charge in [0.1, 0.15) is 18.3 Å². The zero-order chi connectivity index (χ0) is 20.9. The van der Waals surface area contributed by atoms with E-state index in [0.29, 0.717) is 11.3 Å². The van der Waals surface area contributed by atoms with Gasteiger partial charge in [-0.15, -0.1) is 11.8 Å². The molecule has 3 atom stereocenters. The standard InChI is InChI=1S/C19H21FN4O3S/c1-19(2,28-11-13-5-3-12(8-21)4-6-13)16(23-18(26)27)17(25)24-10-14(20)7-15(24)9-22/h3-6,14-16,23H,7,10-11H2,1-2H3,(H,26,27)/t14-,15-,16+/m0/s1. The Morgan fingerprint density at radius 1 is 1.39 bits per heavy atom. The van der Waals surface area contributed by atoms with Gasteiger partial charge in [0.2, 0.25) is 5.91 Å². The molecule has 1 aromatic rings. The van der Waals surface area contributed by atoms with Gasteiger partial charge in [-0.25, -0.2) is 9.18 Å². The predicted molar refractivity (Wildman–Crippen MR) is 102 cm³/mol. The average molecular weight is 404 g/mol. The summed E-state index contributed by atoms with van der Waals surface area (Å²) in [5, 5.41) is 29.5. The van der Waals surface area contributed by atoms with E-state index in [9.17, 15) is 24.3 Å². The molecule has 28 heavy (non-hydrogen) atoms. The van der Waals surface area contributed by atoms with E-state index in [1.54, 1.807) is 38.1 Å². The maximum atomic E-state index is 13.7. The monoisotopic (exact) mass is 404 g/mol. The van der Waals surface area contributed by atoms with E-state index in [1.807, 2.05) is 12.1 Å². The van der Waals surface area contributed by atoms with Gasteiger partial charge in [0.25, 0.3) is 0 Å². The van der Waals surface area contributed by atoms with E-state index >= 15 is 0 Å². The molecular formula is C19H21FN4O3S. The molecule has 2 amide bonds. The molecule has 7 nitrogen and oxygen atoms in total. The van der Waals surface area contributed by atoms with Gasteiger partial charge in [-0.1, -0.05) is 12.1 Å². The Bertz CT molecular complexity index is 816. The third-order valence-electron chi connectivity index (χ3n) is 4.59. The van der Waals surface area contributed by atoms with Crippen molar-refractivity contribution in [1.82, 2.24) is 10.2 Å². The third-order valence-corrected chi connectivity index (χ3v) is 6.04. The summed E-state index contributed by atoms with van der Waals surface area (Å²) in [6.07, 6.45) is -2.73. The lowest BCUT2D eigenvalue weighted by Crippen LogP contribution is -2.58. The summed E-state index contributed by atoms with van der Waals surface area (Å²) < 4.78 is 12.9. The van der Waals surface area contributed by atoms with Crippen molar-refractivity contribution >= 4 is 23.8 Å². The fourth-order valence-electron chi connectivity index (χ4n) is 3.00. The van der Waals surface area contributed by atoms with Crippen LogP contribution < -0.4 is 5.32 Å². The van der Waals surface area contributed by atoms with Crippen LogP contribution in [-0.4, -0.2) is 51.6 Å². The number of benzene rings is 1. The molecule has 0 spiro atoms. The van der Waals surface area contributed by atoms with Gasteiger partial charge >= 0.3 is 6.09 Å². The molecule has 1 heterocycles. The van der Waals surface area contributed by atoms with Crippen LogP contribution in [0.3, 0.4) is 0 Å². The number of nitrogens with zero attached hydrogens (tertiary/aromatic N) is 3. The lowest BCUT2D eigenvalue weighted by molar-refractivity contribution is -0.134. The van der Waals surface area contributed by atoms with E-state index in [1.165, 1.54) is 11.8 Å². The molecule has 1 saturated heterocycles. The molecule has 2 N–H and O–H groups in total. The summed E-state index contributed by atoms with van der Waals surface area (Å²) in [4.78, 5) is 25.4. The number of hydrogen-bond acceptors (Lipinski definition) is 5. The molecule has 0 bridgehead atoms. The number of carbonyl (C=O) groups is 2. The molecule has 0 aromatic heterocycles. The van der Waals surface area contributed by atoms with E-state index in [2.05, 4.69) is 5.32 Å². The molecular weight excluding hydrogens is 383 g/mol. The summed E-state index contributed by atoms with van der Waals surface area (Å²) in [5.41, 5.74) is 1.45. The Morgan fingerprint density at radius 3 is 2.57 bits per heavy atom. The van der Waals surface area contributed by atoms with E-state index < -0.39 is 35.0 Å². The largest absolute Gasteiger partial charge is 0.465 e. The van der Waals surface area contributed by atoms with Gasteiger partial charge in [0.15, 0.2) is 0 Å². The Labute approximate surface area is 167 Å². The zero-order valence-electron chi connectivity index (χ0n) is 15.6. The van der Waals surface area contributed by atoms with Crippen molar-refractivity contribution < 1.29 is 19.1 Å². The molecule has 0 radical (unpaired) electrons. The number of alkyl halides is 1. The minimum absolute atomic E-state index is 0.0686. The van der Waals surface area contributed by atoms with Crippen LogP contribution in [0.5, 0.6) is 0 Å². The van der Waals surface area contributed by atoms with Crippen molar-refractivity contribution in [2.75, 3.05) is 6.54 Å². The van der Waals surface area contributed by atoms with Crippen molar-refractivity contribution in [1.29, 1.82) is 10.5 Å². The van der Waals surface area contributed by atoms with Crippen molar-refractivity contribution in [3.05, 3.63) is 35.4 Å². The molecule has 148 valence electrons. The van der Waals surface area contributed by atoms with Crippen molar-refractivity contribution in [3.63, 3.8) is 0 Å². The van der Waals surface area contributed by atoms with Crippen molar-refractivity contribution in [2.24, 2.45) is 0 Å². The highest BCUT2D eigenvalue weighted by Crippen LogP contribution is 2.34. The summed E-state index contributed by atoms with van der Waals surface area (Å²) in [6.45, 7) is 3.24. The number of likely N-dealkylation sites (tertiary alicyclic amines) is 1. The van der Waals surface area contributed by atoms with Crippen LogP contribution in [0.4, 0.5) is 9.18 Å². The van der Waals surface area contributed by atoms with Crippen LogP contribution in [0.25, 0.3) is 0 Å². The predicted octanol–water partition coefficient (Wildman–Crippen LogP) is 2.67. The smallest absolute Gasteiger partial charge is 0.405 e. The minimum atomic E-state index is -1.37. The lowest BCUT2D eigenvalue weighted by atomic mass is 10.0. The van der Waals surface area contributed by atoms with Gasteiger partial charge in [-0.3, -0.25) is 4.79 Å². The first kappa shape index (κ1) is 21.5. The molecule has 1 aliphatic heterocycles. The van der Waals surface area contributed by atoms with Crippen LogP contribution >= 0.6 is 11.8 Å². The van der Waals surface area contributed by atoms with Crippen LogP contribution in [0, 0.1) is 22.7 Å². The maximum Gasteiger partial charge on any atom is 0.405 e. The molecule has 9 heteroatoms. The van der Waals surface area contributed by atoms with Gasteiger partial charge in [0.05, 0.1) is 24.2 Å². The fourth-order valence-corrected chi connectivity index (χ4v) is 4.06. The van der Waals surface area contributed by atoms with Crippen LogP contribution in [0.2, 0.25) is 0 Å². The topological polar surface area (TPSA) is 117 Å². The minimum Gasteiger partial charge on any atom is -0.465 e. The number of nitrogens with one attached hydrogen (secondary N) is 1. The van der Waals surface area contributed by atoms with Gasteiger partial charge in [0, 0.05) is 16.9 Å². The normalized spacial score (nSPS) is 20.1. The average Bonchev–Trinajstić information content (AvgIpc) is 3.05. The Hall–Kier alpha value is -2.78. The third kappa shape index (κ3) is 5.14. The van der Waals surface area contributed by atoms with E-state index in [-0.39, 0.29) is 13.0 Å². The van der Waals surface area contributed by atoms with Crippen molar-refractivity contribution in [2.45, 2.75) is 49.0 Å². The summed E-state index contributed by atoms with van der Waals surface area (Å²) >= 11 is 1.36. The number of carboxylic acid groups (broad SMARTS) is 1. The Balaban J connectivity index is 2.17. The fraction of sp³-hybridized carbons (Fsp3) is 0.474. The van der Waals surface area contributed by atoms with E-state index in [0.717, 1.165) is 10.5 Å². The highest BCUT2D eigenvalue weighted by Gasteiger charge is 2.44. The zero-order valence-corrected chi connectivity index (χ0v) is 16.4. The quantitative estimate of drug-likeness (QED) is 0.753. The van der Waals surface area contributed by atoms with Gasteiger partial charge in [-0.2, -0.15) is 10.5 Å². The first-order valence-corrected chi connectivity index (χ1v) is 9.63. The van der Waals surface area contributed by atoms with Crippen molar-refractivity contribution in [3.8, 4) is 12.1 Å². The van der Waals surface area contributed by atoms with Gasteiger partial charge in [-0.05, 0) is 31.5 Å². The number of hydrogen-bond donors (Lipinski definition) is 2. The highest BCUT2D eigenvalue weighted by molar-refractivity contribution is 7.99. The molecule has 2 rings (SSSR count). The SMILES string of the molecule is CC(C)(SCc1ccc(C#N)cc1)[C@H](NC(=O)O)C(=O)N1C[C@@H](F)C[C@H]1C#N. The van der Waals surface area contributed by atoms with Crippen LogP contribution in [0.1, 0.15) is 31.4 Å². The van der Waals surface area contributed by atoms with Gasteiger partial charge < -0.3 is 15.3 Å². The second kappa shape index (κ2) is 8.94. The first-order chi connectivity index (χ1) is 13.2. The molecule has 1 aromatic carbocycles. The number of halogens is 1. The second-order valence-electron chi connectivity index (χ2n) is 7.05.